The molecule has 0 radical (unpaired) electrons. The number of likely N-dealkylation sites (tertiary alicyclic amines) is 1. The zero-order valence-corrected chi connectivity index (χ0v) is 14.1. The molecule has 23 heavy (non-hydrogen) atoms. The Labute approximate surface area is 136 Å². The minimum atomic E-state index is -0.459. The summed E-state index contributed by atoms with van der Waals surface area (Å²) in [5.41, 5.74) is 8.49. The van der Waals surface area contributed by atoms with E-state index in [0.29, 0.717) is 0 Å². The molecule has 2 aromatic rings. The summed E-state index contributed by atoms with van der Waals surface area (Å²) >= 11 is 0. The number of ether oxygens (including phenoxy) is 1. The van der Waals surface area contributed by atoms with E-state index in [-0.39, 0.29) is 12.1 Å². The first-order valence-electron chi connectivity index (χ1n) is 8.18. The molecule has 1 aliphatic heterocycles. The van der Waals surface area contributed by atoms with Gasteiger partial charge in [-0.3, -0.25) is 0 Å². The Morgan fingerprint density at radius 3 is 2.96 bits per heavy atom. The molecule has 0 bridgehead atoms. The van der Waals surface area contributed by atoms with Crippen LogP contribution in [0.15, 0.2) is 24.4 Å². The van der Waals surface area contributed by atoms with Crippen molar-refractivity contribution in [3.05, 3.63) is 30.0 Å². The van der Waals surface area contributed by atoms with E-state index in [1.54, 1.807) is 0 Å². The Morgan fingerprint density at radius 1 is 1.43 bits per heavy atom. The van der Waals surface area contributed by atoms with Gasteiger partial charge >= 0.3 is 6.09 Å². The second-order valence-electron chi connectivity index (χ2n) is 7.29. The molecule has 1 atom stereocenters. The molecule has 2 heterocycles. The Morgan fingerprint density at radius 2 is 2.22 bits per heavy atom. The Balaban J connectivity index is 1.78. The third-order valence-electron chi connectivity index (χ3n) is 4.25. The van der Waals surface area contributed by atoms with Gasteiger partial charge in [0, 0.05) is 35.4 Å². The van der Waals surface area contributed by atoms with E-state index in [1.807, 2.05) is 50.1 Å². The van der Waals surface area contributed by atoms with Crippen LogP contribution in [0.1, 0.15) is 39.2 Å². The van der Waals surface area contributed by atoms with Crippen molar-refractivity contribution in [2.75, 3.05) is 12.3 Å². The molecule has 1 aliphatic rings. The van der Waals surface area contributed by atoms with E-state index >= 15 is 0 Å². The molecule has 3 rings (SSSR count). The second kappa shape index (κ2) is 5.80. The first-order valence-corrected chi connectivity index (χ1v) is 8.18. The lowest BCUT2D eigenvalue weighted by Crippen LogP contribution is -2.40. The maximum atomic E-state index is 12.4. The lowest BCUT2D eigenvalue weighted by molar-refractivity contribution is 0.0227. The molecular weight excluding hydrogens is 290 g/mol. The van der Waals surface area contributed by atoms with Crippen molar-refractivity contribution >= 4 is 22.7 Å². The molecular formula is C18H25N3O2. The average molecular weight is 315 g/mol. The summed E-state index contributed by atoms with van der Waals surface area (Å²) in [6.07, 6.45) is 4.67. The number of hydrogen-bond acceptors (Lipinski definition) is 3. The van der Waals surface area contributed by atoms with Gasteiger partial charge in [0.2, 0.25) is 0 Å². The highest BCUT2D eigenvalue weighted by Crippen LogP contribution is 2.28. The predicted molar refractivity (Wildman–Crippen MR) is 92.4 cm³/mol. The SMILES string of the molecule is CC(C)(C)OC(=O)N1CCC[C@H]1Cc1c[nH]c2ccc(N)cc12. The molecule has 1 aromatic heterocycles. The van der Waals surface area contributed by atoms with E-state index in [0.717, 1.165) is 42.4 Å². The van der Waals surface area contributed by atoms with E-state index in [2.05, 4.69) is 4.98 Å². The number of anilines is 1. The van der Waals surface area contributed by atoms with Crippen LogP contribution in [0.4, 0.5) is 10.5 Å². The van der Waals surface area contributed by atoms with Crippen LogP contribution < -0.4 is 5.73 Å². The third-order valence-corrected chi connectivity index (χ3v) is 4.25. The first-order chi connectivity index (χ1) is 10.8. The molecule has 5 heteroatoms. The minimum Gasteiger partial charge on any atom is -0.444 e. The number of rotatable bonds is 2. The summed E-state index contributed by atoms with van der Waals surface area (Å²) in [6.45, 7) is 6.47. The number of H-pyrrole nitrogens is 1. The van der Waals surface area contributed by atoms with Crippen LogP contribution in [0, 0.1) is 0 Å². The lowest BCUT2D eigenvalue weighted by Gasteiger charge is -2.28. The fraction of sp³-hybridized carbons (Fsp3) is 0.500. The maximum absolute atomic E-state index is 12.4. The van der Waals surface area contributed by atoms with Gasteiger partial charge in [0.15, 0.2) is 0 Å². The number of carbonyl (C=O) groups is 1. The molecule has 0 aliphatic carbocycles. The first kappa shape index (κ1) is 15.7. The monoisotopic (exact) mass is 315 g/mol. The zero-order valence-electron chi connectivity index (χ0n) is 14.1. The number of nitrogens with zero attached hydrogens (tertiary/aromatic N) is 1. The normalized spacial score (nSPS) is 18.6. The van der Waals surface area contributed by atoms with Gasteiger partial charge in [-0.05, 0) is 63.8 Å². The molecule has 1 aromatic carbocycles. The van der Waals surface area contributed by atoms with Gasteiger partial charge in [-0.1, -0.05) is 0 Å². The van der Waals surface area contributed by atoms with Gasteiger partial charge in [-0.15, -0.1) is 0 Å². The Bertz CT molecular complexity index is 715. The lowest BCUT2D eigenvalue weighted by atomic mass is 10.0. The summed E-state index contributed by atoms with van der Waals surface area (Å²) in [4.78, 5) is 17.5. The van der Waals surface area contributed by atoms with Crippen LogP contribution in [0.2, 0.25) is 0 Å². The van der Waals surface area contributed by atoms with Crippen LogP contribution in [0.3, 0.4) is 0 Å². The number of amides is 1. The largest absolute Gasteiger partial charge is 0.444 e. The summed E-state index contributed by atoms with van der Waals surface area (Å²) in [7, 11) is 0. The summed E-state index contributed by atoms with van der Waals surface area (Å²) in [5, 5.41) is 1.14. The molecule has 0 spiro atoms. The highest BCUT2D eigenvalue weighted by Gasteiger charge is 2.32. The van der Waals surface area contributed by atoms with Gasteiger partial charge in [-0.25, -0.2) is 4.79 Å². The Hall–Kier alpha value is -2.17. The van der Waals surface area contributed by atoms with Gasteiger partial charge in [0.25, 0.3) is 0 Å². The smallest absolute Gasteiger partial charge is 0.410 e. The van der Waals surface area contributed by atoms with Crippen molar-refractivity contribution in [1.29, 1.82) is 0 Å². The number of fused-ring (bicyclic) bond motifs is 1. The van der Waals surface area contributed by atoms with E-state index in [1.165, 1.54) is 5.56 Å². The maximum Gasteiger partial charge on any atom is 0.410 e. The van der Waals surface area contributed by atoms with E-state index in [9.17, 15) is 4.79 Å². The van der Waals surface area contributed by atoms with Gasteiger partial charge in [-0.2, -0.15) is 0 Å². The number of nitrogen functional groups attached to an aromatic ring is 1. The van der Waals surface area contributed by atoms with E-state index < -0.39 is 5.60 Å². The van der Waals surface area contributed by atoms with Gasteiger partial charge in [0.1, 0.15) is 5.60 Å². The summed E-state index contributed by atoms with van der Waals surface area (Å²) < 4.78 is 5.54. The topological polar surface area (TPSA) is 71.3 Å². The van der Waals surface area contributed by atoms with Crippen LogP contribution >= 0.6 is 0 Å². The van der Waals surface area contributed by atoms with Crippen LogP contribution in [0.5, 0.6) is 0 Å². The van der Waals surface area contributed by atoms with Crippen molar-refractivity contribution in [2.45, 2.75) is 51.7 Å². The number of aromatic nitrogens is 1. The minimum absolute atomic E-state index is 0.185. The van der Waals surface area contributed by atoms with Crippen LogP contribution in [0.25, 0.3) is 10.9 Å². The fourth-order valence-electron chi connectivity index (χ4n) is 3.23. The van der Waals surface area contributed by atoms with Crippen molar-refractivity contribution in [2.24, 2.45) is 0 Å². The number of carbonyl (C=O) groups excluding carboxylic acids is 1. The van der Waals surface area contributed by atoms with Crippen molar-refractivity contribution in [3.63, 3.8) is 0 Å². The number of benzene rings is 1. The fourth-order valence-corrected chi connectivity index (χ4v) is 3.23. The molecule has 5 nitrogen and oxygen atoms in total. The van der Waals surface area contributed by atoms with Gasteiger partial charge < -0.3 is 20.4 Å². The molecule has 124 valence electrons. The third kappa shape index (κ3) is 3.44. The number of nitrogens with one attached hydrogen (secondary N) is 1. The molecule has 0 saturated carbocycles. The van der Waals surface area contributed by atoms with E-state index in [4.69, 9.17) is 10.5 Å². The quantitative estimate of drug-likeness (QED) is 0.830. The van der Waals surface area contributed by atoms with Crippen LogP contribution in [-0.4, -0.2) is 34.2 Å². The second-order valence-corrected chi connectivity index (χ2v) is 7.29. The molecule has 1 fully saturated rings. The standard InChI is InChI=1S/C18H25N3O2/c1-18(2,3)23-17(22)21-8-4-5-14(21)9-12-11-20-16-7-6-13(19)10-15(12)16/h6-7,10-11,14,20H,4-5,8-9,19H2,1-3H3/t14-/m0/s1. The molecule has 1 saturated heterocycles. The number of hydrogen-bond donors (Lipinski definition) is 2. The summed E-state index contributed by atoms with van der Waals surface area (Å²) in [5.74, 6) is 0. The van der Waals surface area contributed by atoms with Crippen molar-refractivity contribution < 1.29 is 9.53 Å². The molecule has 1 amide bonds. The van der Waals surface area contributed by atoms with Crippen molar-refractivity contribution in [3.8, 4) is 0 Å². The molecule has 0 unspecified atom stereocenters. The highest BCUT2D eigenvalue weighted by atomic mass is 16.6. The van der Waals surface area contributed by atoms with Crippen molar-refractivity contribution in [1.82, 2.24) is 9.88 Å². The molecule has 3 N–H and O–H groups in total. The number of aromatic amines is 1. The predicted octanol–water partition coefficient (Wildman–Crippen LogP) is 3.69. The zero-order chi connectivity index (χ0) is 16.6. The Kier molecular flexibility index (Phi) is 3.96. The summed E-state index contributed by atoms with van der Waals surface area (Å²) in [6, 6.07) is 6.07. The van der Waals surface area contributed by atoms with Gasteiger partial charge in [0.05, 0.1) is 0 Å². The number of nitrogens with two attached hydrogens (primary N) is 1. The average Bonchev–Trinajstić information content (AvgIpc) is 3.05. The highest BCUT2D eigenvalue weighted by molar-refractivity contribution is 5.86. The van der Waals surface area contributed by atoms with Crippen LogP contribution in [-0.2, 0) is 11.2 Å².